The molecule has 0 unspecified atom stereocenters. The highest BCUT2D eigenvalue weighted by Gasteiger charge is 1.95. The van der Waals surface area contributed by atoms with Gasteiger partial charge in [0.05, 0.1) is 12.3 Å². The first-order valence-corrected chi connectivity index (χ1v) is 5.69. The maximum Gasteiger partial charge on any atom is 0.0762 e. The Labute approximate surface area is 95.6 Å². The molecule has 0 aliphatic rings. The predicted octanol–water partition coefficient (Wildman–Crippen LogP) is 1.16. The summed E-state index contributed by atoms with van der Waals surface area (Å²) < 4.78 is 7.05. The van der Waals surface area contributed by atoms with Crippen molar-refractivity contribution in [2.24, 2.45) is 7.05 Å². The molecule has 0 atom stereocenters. The van der Waals surface area contributed by atoms with Gasteiger partial charge in [-0.1, -0.05) is 0 Å². The lowest BCUT2D eigenvalue weighted by Gasteiger charge is -2.03. The molecule has 0 bridgehead atoms. The lowest BCUT2D eigenvalue weighted by Crippen LogP contribution is -2.17. The second-order valence-electron chi connectivity index (χ2n) is 3.31. The largest absolute Gasteiger partial charge is 0.380 e. The van der Waals surface area contributed by atoms with Crippen molar-refractivity contribution in [3.63, 3.8) is 0 Å². The van der Waals surface area contributed by atoms with Crippen molar-refractivity contribution in [1.82, 2.24) is 15.1 Å². The van der Waals surface area contributed by atoms with Crippen LogP contribution in [0, 0.1) is 0 Å². The van der Waals surface area contributed by atoms with E-state index >= 15 is 0 Å². The molecule has 0 fully saturated rings. The van der Waals surface area contributed by atoms with E-state index in [0.717, 1.165) is 31.8 Å². The molecule has 4 nitrogen and oxygen atoms in total. The minimum atomic E-state index is 0.571. The summed E-state index contributed by atoms with van der Waals surface area (Å²) in [5.74, 6) is 0.571. The first kappa shape index (κ1) is 12.5. The van der Waals surface area contributed by atoms with Crippen molar-refractivity contribution in [1.29, 1.82) is 0 Å². The second kappa shape index (κ2) is 7.68. The minimum Gasteiger partial charge on any atom is -0.380 e. The lowest BCUT2D eigenvalue weighted by atomic mass is 10.4. The number of nitrogens with zero attached hydrogens (tertiary/aromatic N) is 2. The van der Waals surface area contributed by atoms with E-state index in [1.165, 1.54) is 0 Å². The van der Waals surface area contributed by atoms with Crippen LogP contribution in [-0.2, 0) is 18.3 Å². The Bertz CT molecular complexity index is 265. The van der Waals surface area contributed by atoms with E-state index in [1.54, 1.807) is 4.68 Å². The average molecular weight is 232 g/mol. The fourth-order valence-corrected chi connectivity index (χ4v) is 1.34. The van der Waals surface area contributed by atoms with E-state index in [-0.39, 0.29) is 0 Å². The van der Waals surface area contributed by atoms with Gasteiger partial charge in [-0.05, 0) is 19.0 Å². The SMILES string of the molecule is Cn1ccc(CNCCCOCCCl)n1. The summed E-state index contributed by atoms with van der Waals surface area (Å²) in [6.45, 7) is 3.17. The van der Waals surface area contributed by atoms with Gasteiger partial charge in [0, 0.05) is 32.3 Å². The maximum absolute atomic E-state index is 5.47. The quantitative estimate of drug-likeness (QED) is 0.539. The fourth-order valence-electron chi connectivity index (χ4n) is 1.23. The number of hydrogen-bond acceptors (Lipinski definition) is 3. The van der Waals surface area contributed by atoms with E-state index in [0.29, 0.717) is 12.5 Å². The van der Waals surface area contributed by atoms with E-state index in [1.807, 2.05) is 19.3 Å². The van der Waals surface area contributed by atoms with Crippen molar-refractivity contribution in [2.75, 3.05) is 25.6 Å². The monoisotopic (exact) mass is 231 g/mol. The van der Waals surface area contributed by atoms with Gasteiger partial charge in [-0.2, -0.15) is 5.10 Å². The van der Waals surface area contributed by atoms with Crippen LogP contribution < -0.4 is 5.32 Å². The molecular formula is C10H18ClN3O. The molecule has 0 aromatic carbocycles. The first-order valence-electron chi connectivity index (χ1n) is 5.16. The third kappa shape index (κ3) is 5.77. The molecule has 0 amide bonds. The summed E-state index contributed by atoms with van der Waals surface area (Å²) in [6.07, 6.45) is 2.95. The van der Waals surface area contributed by atoms with Gasteiger partial charge < -0.3 is 10.1 Å². The summed E-state index contributed by atoms with van der Waals surface area (Å²) in [5, 5.41) is 7.57. The molecule has 1 heterocycles. The molecule has 1 N–H and O–H groups in total. The Kier molecular flexibility index (Phi) is 6.39. The van der Waals surface area contributed by atoms with Gasteiger partial charge in [0.15, 0.2) is 0 Å². The van der Waals surface area contributed by atoms with Crippen LogP contribution in [0.2, 0.25) is 0 Å². The van der Waals surface area contributed by atoms with Crippen LogP contribution in [0.3, 0.4) is 0 Å². The molecule has 1 rings (SSSR count). The number of aromatic nitrogens is 2. The molecule has 0 spiro atoms. The lowest BCUT2D eigenvalue weighted by molar-refractivity contribution is 0.146. The van der Waals surface area contributed by atoms with E-state index < -0.39 is 0 Å². The fraction of sp³-hybridized carbons (Fsp3) is 0.700. The van der Waals surface area contributed by atoms with Crippen LogP contribution in [0.5, 0.6) is 0 Å². The number of aryl methyl sites for hydroxylation is 1. The van der Waals surface area contributed by atoms with Gasteiger partial charge >= 0.3 is 0 Å². The Morgan fingerprint density at radius 1 is 1.53 bits per heavy atom. The van der Waals surface area contributed by atoms with Crippen LogP contribution in [0.15, 0.2) is 12.3 Å². The summed E-state index contributed by atoms with van der Waals surface area (Å²) in [7, 11) is 1.92. The average Bonchev–Trinajstić information content (AvgIpc) is 2.63. The highest BCUT2D eigenvalue weighted by molar-refractivity contribution is 6.17. The molecule has 1 aromatic rings. The normalized spacial score (nSPS) is 10.8. The van der Waals surface area contributed by atoms with Crippen LogP contribution in [0.1, 0.15) is 12.1 Å². The predicted molar refractivity (Wildman–Crippen MR) is 61.1 cm³/mol. The minimum absolute atomic E-state index is 0.571. The Morgan fingerprint density at radius 3 is 3.07 bits per heavy atom. The Hall–Kier alpha value is -0.580. The van der Waals surface area contributed by atoms with Crippen molar-refractivity contribution in [2.45, 2.75) is 13.0 Å². The van der Waals surface area contributed by atoms with Gasteiger partial charge in [0.2, 0.25) is 0 Å². The van der Waals surface area contributed by atoms with Gasteiger partial charge in [-0.25, -0.2) is 0 Å². The van der Waals surface area contributed by atoms with Crippen LogP contribution in [0.4, 0.5) is 0 Å². The molecule has 0 saturated heterocycles. The molecule has 0 aliphatic carbocycles. The third-order valence-corrected chi connectivity index (χ3v) is 2.09. The van der Waals surface area contributed by atoms with Crippen LogP contribution in [0.25, 0.3) is 0 Å². The standard InChI is InChI=1S/C10H18ClN3O/c1-14-6-3-10(13-14)9-12-5-2-7-15-8-4-11/h3,6,12H,2,4-5,7-9H2,1H3. The van der Waals surface area contributed by atoms with Crippen molar-refractivity contribution in [3.05, 3.63) is 18.0 Å². The molecule has 1 aromatic heterocycles. The van der Waals surface area contributed by atoms with Crippen molar-refractivity contribution < 1.29 is 4.74 Å². The molecule has 86 valence electrons. The zero-order valence-corrected chi connectivity index (χ0v) is 9.83. The summed E-state index contributed by atoms with van der Waals surface area (Å²) >= 11 is 5.47. The summed E-state index contributed by atoms with van der Waals surface area (Å²) in [4.78, 5) is 0. The van der Waals surface area contributed by atoms with Gasteiger partial charge in [-0.15, -0.1) is 11.6 Å². The van der Waals surface area contributed by atoms with Crippen molar-refractivity contribution in [3.8, 4) is 0 Å². The molecule has 15 heavy (non-hydrogen) atoms. The van der Waals surface area contributed by atoms with Gasteiger partial charge in [-0.3, -0.25) is 4.68 Å². The first-order chi connectivity index (χ1) is 7.33. The van der Waals surface area contributed by atoms with E-state index in [2.05, 4.69) is 10.4 Å². The van der Waals surface area contributed by atoms with E-state index in [9.17, 15) is 0 Å². The smallest absolute Gasteiger partial charge is 0.0762 e. The zero-order chi connectivity index (χ0) is 10.9. The van der Waals surface area contributed by atoms with Gasteiger partial charge in [0.25, 0.3) is 0 Å². The molecule has 5 heteroatoms. The number of hydrogen-bond donors (Lipinski definition) is 1. The highest BCUT2D eigenvalue weighted by atomic mass is 35.5. The highest BCUT2D eigenvalue weighted by Crippen LogP contribution is 1.92. The van der Waals surface area contributed by atoms with Crippen molar-refractivity contribution >= 4 is 11.6 Å². The van der Waals surface area contributed by atoms with Crippen LogP contribution in [-0.4, -0.2) is 35.4 Å². The second-order valence-corrected chi connectivity index (χ2v) is 3.69. The molecule has 0 saturated carbocycles. The Balaban J connectivity index is 1.93. The molecule has 0 radical (unpaired) electrons. The van der Waals surface area contributed by atoms with Crippen LogP contribution >= 0.6 is 11.6 Å². The number of nitrogens with one attached hydrogen (secondary N) is 1. The molecular weight excluding hydrogens is 214 g/mol. The van der Waals surface area contributed by atoms with Gasteiger partial charge in [0.1, 0.15) is 0 Å². The third-order valence-electron chi connectivity index (χ3n) is 1.94. The summed E-state index contributed by atoms with van der Waals surface area (Å²) in [5.41, 5.74) is 1.07. The maximum atomic E-state index is 5.47. The Morgan fingerprint density at radius 2 is 2.40 bits per heavy atom. The summed E-state index contributed by atoms with van der Waals surface area (Å²) in [6, 6.07) is 2.01. The number of halogens is 1. The van der Waals surface area contributed by atoms with E-state index in [4.69, 9.17) is 16.3 Å². The number of rotatable bonds is 8. The zero-order valence-electron chi connectivity index (χ0n) is 9.08. The number of ether oxygens (including phenoxy) is 1. The number of alkyl halides is 1. The molecule has 0 aliphatic heterocycles. The topological polar surface area (TPSA) is 39.1 Å².